The number of nitrogens with one attached hydrogen (secondary N) is 1. The molecule has 1 aromatic heterocycles. The molecule has 0 bridgehead atoms. The molecule has 0 amide bonds. The third-order valence-electron chi connectivity index (χ3n) is 7.45. The molecule has 0 saturated carbocycles. The first-order valence-corrected chi connectivity index (χ1v) is 13.8. The molecule has 0 spiro atoms. The number of hydrogen-bond donors (Lipinski definition) is 1. The highest BCUT2D eigenvalue weighted by atomic mass is 19.4. The standard InChI is InChI=1S/C33H28F3N3O6/c1-20-26(31(42)45-19-22-11-7-4-8-12-22)27(23-13-15-24(16-14-23)33(34,35)36)28-29(37-20)38(17-21-9-5-3-6-10-21)32(43)39(30(28)41)18-25(40)44-2/h3-16,27,37H,17-19H2,1-2H3. The summed E-state index contributed by atoms with van der Waals surface area (Å²) in [6.45, 7) is 0.684. The molecular weight excluding hydrogens is 591 g/mol. The van der Waals surface area contributed by atoms with Gasteiger partial charge in [0.05, 0.1) is 36.3 Å². The van der Waals surface area contributed by atoms with Crippen molar-refractivity contribution < 1.29 is 32.2 Å². The molecular formula is C33H28F3N3O6. The number of benzene rings is 3. The second-order valence-corrected chi connectivity index (χ2v) is 10.4. The molecule has 5 rings (SSSR count). The Bertz CT molecular complexity index is 1880. The van der Waals surface area contributed by atoms with E-state index in [0.717, 1.165) is 19.2 Å². The first kappa shape index (κ1) is 31.0. The van der Waals surface area contributed by atoms with Crippen LogP contribution in [0.3, 0.4) is 0 Å². The van der Waals surface area contributed by atoms with Gasteiger partial charge in [0.2, 0.25) is 0 Å². The first-order chi connectivity index (χ1) is 21.5. The molecule has 0 aliphatic carbocycles. The number of halogens is 3. The molecule has 1 atom stereocenters. The largest absolute Gasteiger partial charge is 0.468 e. The minimum absolute atomic E-state index is 0.0305. The molecule has 1 aliphatic rings. The van der Waals surface area contributed by atoms with Gasteiger partial charge in [-0.25, -0.2) is 14.2 Å². The highest BCUT2D eigenvalue weighted by molar-refractivity contribution is 5.94. The number of hydrogen-bond acceptors (Lipinski definition) is 7. The van der Waals surface area contributed by atoms with E-state index in [9.17, 15) is 32.3 Å². The number of ether oxygens (including phenoxy) is 2. The van der Waals surface area contributed by atoms with Crippen LogP contribution in [0.2, 0.25) is 0 Å². The van der Waals surface area contributed by atoms with Gasteiger partial charge in [-0.15, -0.1) is 0 Å². The lowest BCUT2D eigenvalue weighted by molar-refractivity contribution is -0.142. The summed E-state index contributed by atoms with van der Waals surface area (Å²) < 4.78 is 52.7. The van der Waals surface area contributed by atoms with Gasteiger partial charge in [0, 0.05) is 5.70 Å². The number of anilines is 1. The Morgan fingerprint density at radius 1 is 0.867 bits per heavy atom. The van der Waals surface area contributed by atoms with E-state index in [2.05, 4.69) is 5.32 Å². The quantitative estimate of drug-likeness (QED) is 0.282. The third-order valence-corrected chi connectivity index (χ3v) is 7.45. The van der Waals surface area contributed by atoms with Crippen LogP contribution < -0.4 is 16.6 Å². The van der Waals surface area contributed by atoms with Crippen molar-refractivity contribution in [3.05, 3.63) is 145 Å². The maximum absolute atomic E-state index is 14.1. The van der Waals surface area contributed by atoms with Crippen molar-refractivity contribution in [3.8, 4) is 0 Å². The normalized spacial score (nSPS) is 14.4. The SMILES string of the molecule is COC(=O)Cn1c(=O)c2c(n(Cc3ccccc3)c1=O)NC(C)=C(C(=O)OCc1ccccc1)C2c1ccc(C(F)(F)F)cc1. The van der Waals surface area contributed by atoms with Gasteiger partial charge < -0.3 is 14.8 Å². The summed E-state index contributed by atoms with van der Waals surface area (Å²) in [5.74, 6) is -2.91. The minimum Gasteiger partial charge on any atom is -0.468 e. The predicted octanol–water partition coefficient (Wildman–Crippen LogP) is 4.82. The molecule has 0 radical (unpaired) electrons. The summed E-state index contributed by atoms with van der Waals surface area (Å²) in [7, 11) is 1.10. The molecule has 1 aliphatic heterocycles. The van der Waals surface area contributed by atoms with Crippen LogP contribution in [-0.2, 0) is 44.9 Å². The van der Waals surface area contributed by atoms with Crippen LogP contribution in [-0.4, -0.2) is 28.2 Å². The number of carbonyl (C=O) groups excluding carboxylic acids is 2. The van der Waals surface area contributed by atoms with Crippen molar-refractivity contribution in [2.45, 2.75) is 38.7 Å². The molecule has 45 heavy (non-hydrogen) atoms. The summed E-state index contributed by atoms with van der Waals surface area (Å²) in [6, 6.07) is 21.8. The fourth-order valence-electron chi connectivity index (χ4n) is 5.24. The average Bonchev–Trinajstić information content (AvgIpc) is 3.03. The molecule has 3 aromatic carbocycles. The fraction of sp³-hybridized carbons (Fsp3) is 0.212. The lowest BCUT2D eigenvalue weighted by Gasteiger charge is -2.32. The van der Waals surface area contributed by atoms with E-state index < -0.39 is 47.4 Å². The number of nitrogens with zero attached hydrogens (tertiary/aromatic N) is 2. The number of fused-ring (bicyclic) bond motifs is 1. The van der Waals surface area contributed by atoms with E-state index in [0.29, 0.717) is 15.7 Å². The number of alkyl halides is 3. The Balaban J connectivity index is 1.73. The van der Waals surface area contributed by atoms with E-state index >= 15 is 0 Å². The molecule has 9 nitrogen and oxygen atoms in total. The number of methoxy groups -OCH3 is 1. The van der Waals surface area contributed by atoms with Crippen LogP contribution in [0.4, 0.5) is 19.0 Å². The summed E-state index contributed by atoms with van der Waals surface area (Å²) >= 11 is 0. The summed E-state index contributed by atoms with van der Waals surface area (Å²) in [5.41, 5.74) is -1.04. The Morgan fingerprint density at radius 3 is 2.04 bits per heavy atom. The van der Waals surface area contributed by atoms with Gasteiger partial charge in [0.1, 0.15) is 19.0 Å². The second-order valence-electron chi connectivity index (χ2n) is 10.4. The zero-order valence-corrected chi connectivity index (χ0v) is 24.3. The van der Waals surface area contributed by atoms with Crippen molar-refractivity contribution in [2.24, 2.45) is 0 Å². The number of aromatic nitrogens is 2. The van der Waals surface area contributed by atoms with Crippen LogP contribution in [0, 0.1) is 0 Å². The fourth-order valence-corrected chi connectivity index (χ4v) is 5.24. The molecule has 1 N–H and O–H groups in total. The number of carbonyl (C=O) groups is 2. The lowest BCUT2D eigenvalue weighted by Crippen LogP contribution is -2.47. The monoisotopic (exact) mass is 619 g/mol. The molecule has 0 fully saturated rings. The average molecular weight is 620 g/mol. The van der Waals surface area contributed by atoms with Gasteiger partial charge in [-0.3, -0.25) is 14.2 Å². The summed E-state index contributed by atoms with van der Waals surface area (Å²) in [5, 5.41) is 3.02. The van der Waals surface area contributed by atoms with Crippen LogP contribution in [0.5, 0.6) is 0 Å². The van der Waals surface area contributed by atoms with Crippen molar-refractivity contribution in [3.63, 3.8) is 0 Å². The van der Waals surface area contributed by atoms with Crippen LogP contribution in [0.15, 0.2) is 106 Å². The molecule has 2 heterocycles. The van der Waals surface area contributed by atoms with E-state index in [1.54, 1.807) is 67.6 Å². The van der Waals surface area contributed by atoms with Crippen molar-refractivity contribution >= 4 is 17.8 Å². The number of rotatable bonds is 8. The van der Waals surface area contributed by atoms with Gasteiger partial charge in [-0.05, 0) is 35.7 Å². The van der Waals surface area contributed by atoms with E-state index in [1.165, 1.54) is 16.7 Å². The number of esters is 2. The van der Waals surface area contributed by atoms with Gasteiger partial charge in [0.15, 0.2) is 0 Å². The van der Waals surface area contributed by atoms with Crippen LogP contribution in [0.1, 0.15) is 40.7 Å². The van der Waals surface area contributed by atoms with Gasteiger partial charge in [-0.2, -0.15) is 13.2 Å². The molecule has 0 saturated heterocycles. The Kier molecular flexibility index (Phi) is 8.75. The summed E-state index contributed by atoms with van der Waals surface area (Å²) in [6.07, 6.45) is -4.63. The highest BCUT2D eigenvalue weighted by Crippen LogP contribution is 2.41. The molecule has 4 aromatic rings. The van der Waals surface area contributed by atoms with E-state index in [4.69, 9.17) is 9.47 Å². The summed E-state index contributed by atoms with van der Waals surface area (Å²) in [4.78, 5) is 53.9. The first-order valence-electron chi connectivity index (χ1n) is 13.8. The zero-order chi connectivity index (χ0) is 32.3. The van der Waals surface area contributed by atoms with Crippen molar-refractivity contribution in [1.29, 1.82) is 0 Å². The van der Waals surface area contributed by atoms with Gasteiger partial charge >= 0.3 is 23.8 Å². The van der Waals surface area contributed by atoms with E-state index in [-0.39, 0.29) is 41.4 Å². The maximum Gasteiger partial charge on any atom is 0.416 e. The minimum atomic E-state index is -4.63. The highest BCUT2D eigenvalue weighted by Gasteiger charge is 2.39. The van der Waals surface area contributed by atoms with Crippen molar-refractivity contribution in [2.75, 3.05) is 12.4 Å². The molecule has 1 unspecified atom stereocenters. The smallest absolute Gasteiger partial charge is 0.416 e. The Hall–Kier alpha value is -5.39. The lowest BCUT2D eigenvalue weighted by atomic mass is 9.82. The topological polar surface area (TPSA) is 109 Å². The molecule has 12 heteroatoms. The Labute approximate surface area is 255 Å². The van der Waals surface area contributed by atoms with E-state index in [1.807, 2.05) is 0 Å². The van der Waals surface area contributed by atoms with Crippen LogP contribution >= 0.6 is 0 Å². The van der Waals surface area contributed by atoms with Gasteiger partial charge in [0.25, 0.3) is 5.56 Å². The maximum atomic E-state index is 14.1. The zero-order valence-electron chi connectivity index (χ0n) is 24.3. The Morgan fingerprint density at radius 2 is 1.47 bits per heavy atom. The predicted molar refractivity (Wildman–Crippen MR) is 158 cm³/mol. The number of allylic oxidation sites excluding steroid dienone is 1. The molecule has 232 valence electrons. The third kappa shape index (κ3) is 6.44. The van der Waals surface area contributed by atoms with Crippen molar-refractivity contribution in [1.82, 2.24) is 9.13 Å². The second kappa shape index (κ2) is 12.7. The van der Waals surface area contributed by atoms with Gasteiger partial charge in [-0.1, -0.05) is 72.8 Å². The van der Waals surface area contributed by atoms with Crippen LogP contribution in [0.25, 0.3) is 0 Å².